The van der Waals surface area contributed by atoms with E-state index < -0.39 is 11.2 Å². The number of likely N-dealkylation sites (tertiary alicyclic amines) is 2. The molecule has 2 fully saturated rings. The molecule has 11 heteroatoms. The summed E-state index contributed by atoms with van der Waals surface area (Å²) in [7, 11) is 0. The first kappa shape index (κ1) is 29.9. The van der Waals surface area contributed by atoms with Crippen LogP contribution in [0, 0.1) is 0 Å². The number of carbonyl (C=O) groups excluding carboxylic acids is 2. The van der Waals surface area contributed by atoms with Crippen molar-refractivity contribution in [3.63, 3.8) is 0 Å². The third-order valence-electron chi connectivity index (χ3n) is 6.76. The van der Waals surface area contributed by atoms with E-state index in [1.54, 1.807) is 38.0 Å². The highest BCUT2D eigenvalue weighted by Crippen LogP contribution is 2.31. The monoisotopic (exact) mass is 574 g/mol. The van der Waals surface area contributed by atoms with Crippen LogP contribution < -0.4 is 10.3 Å². The number of hydrogen-bond donors (Lipinski definition) is 0. The number of hydrogen-bond acceptors (Lipinski definition) is 8. The largest absolute Gasteiger partial charge is 0.490 e. The minimum absolute atomic E-state index is 0.0585. The van der Waals surface area contributed by atoms with Crippen LogP contribution in [0.2, 0.25) is 0 Å². The molecule has 0 radical (unpaired) electrons. The van der Waals surface area contributed by atoms with Gasteiger partial charge in [0.25, 0.3) is 5.56 Å². The number of amides is 2. The zero-order valence-electron chi connectivity index (χ0n) is 24.5. The number of aromatic nitrogens is 2. The summed E-state index contributed by atoms with van der Waals surface area (Å²) in [6.07, 6.45) is 4.17. The van der Waals surface area contributed by atoms with E-state index in [1.807, 2.05) is 46.9 Å². The molecule has 220 valence electrons. The molecule has 0 bridgehead atoms. The zero-order chi connectivity index (χ0) is 29.1. The fourth-order valence-electron chi connectivity index (χ4n) is 4.76. The van der Waals surface area contributed by atoms with Gasteiger partial charge in [-0.15, -0.1) is 11.3 Å². The predicted octanol–water partition coefficient (Wildman–Crippen LogP) is 5.25. The number of carbonyl (C=O) groups is 2. The van der Waals surface area contributed by atoms with E-state index in [9.17, 15) is 14.4 Å². The van der Waals surface area contributed by atoms with Gasteiger partial charge in [0.1, 0.15) is 23.1 Å². The molecule has 0 atom stereocenters. The fourth-order valence-corrected chi connectivity index (χ4v) is 5.74. The molecule has 0 aliphatic carbocycles. The lowest BCUT2D eigenvalue weighted by Crippen LogP contribution is -2.44. The van der Waals surface area contributed by atoms with Crippen LogP contribution in [0.5, 0.6) is 5.75 Å². The van der Waals surface area contributed by atoms with Crippen molar-refractivity contribution in [2.45, 2.75) is 97.0 Å². The lowest BCUT2D eigenvalue weighted by Gasteiger charge is -2.33. The summed E-state index contributed by atoms with van der Waals surface area (Å²) >= 11 is 1.61. The summed E-state index contributed by atoms with van der Waals surface area (Å²) in [5.74, 6) is 0.833. The van der Waals surface area contributed by atoms with Crippen molar-refractivity contribution >= 4 is 23.5 Å². The molecule has 4 rings (SSSR count). The molecular weight excluding hydrogens is 532 g/mol. The van der Waals surface area contributed by atoms with Crippen LogP contribution in [0.25, 0.3) is 0 Å². The average molecular weight is 575 g/mol. The molecule has 2 saturated heterocycles. The summed E-state index contributed by atoms with van der Waals surface area (Å²) in [5.41, 5.74) is -0.319. The number of ether oxygens (including phenoxy) is 3. The fraction of sp³-hybridized carbons (Fsp3) is 0.655. The first-order valence-electron chi connectivity index (χ1n) is 14.0. The standard InChI is InChI=1S/C29H42N4O6S/c1-28(2,3)38-26(35)31-12-7-20(8-13-31)25-30-21(19-40-25)18-33-16-11-23(17-24(33)34)37-22-9-14-32(15-10-22)27(36)39-29(4,5)6/h11,16-17,19-20,22H,7-10,12-15,18H2,1-6H3. The van der Waals surface area contributed by atoms with Crippen LogP contribution in [-0.2, 0) is 16.0 Å². The summed E-state index contributed by atoms with van der Waals surface area (Å²) in [6.45, 7) is 14.0. The van der Waals surface area contributed by atoms with E-state index >= 15 is 0 Å². The Kier molecular flexibility index (Phi) is 9.12. The van der Waals surface area contributed by atoms with E-state index in [0.717, 1.165) is 23.5 Å². The highest BCUT2D eigenvalue weighted by atomic mass is 32.1. The second-order valence-electron chi connectivity index (χ2n) is 12.5. The molecule has 2 aromatic rings. The maximum atomic E-state index is 12.8. The maximum Gasteiger partial charge on any atom is 0.410 e. The van der Waals surface area contributed by atoms with Crippen molar-refractivity contribution < 1.29 is 23.8 Å². The van der Waals surface area contributed by atoms with Gasteiger partial charge >= 0.3 is 12.2 Å². The van der Waals surface area contributed by atoms with Crippen molar-refractivity contribution in [2.75, 3.05) is 26.2 Å². The van der Waals surface area contributed by atoms with Crippen LogP contribution >= 0.6 is 11.3 Å². The molecule has 2 amide bonds. The Bertz CT molecular complexity index is 1230. The van der Waals surface area contributed by atoms with Crippen LogP contribution in [0.1, 0.15) is 83.8 Å². The lowest BCUT2D eigenvalue weighted by molar-refractivity contribution is 0.0125. The van der Waals surface area contributed by atoms with Gasteiger partial charge in [0, 0.05) is 62.6 Å². The van der Waals surface area contributed by atoms with Crippen molar-refractivity contribution in [3.8, 4) is 5.75 Å². The minimum Gasteiger partial charge on any atom is -0.490 e. The van der Waals surface area contributed by atoms with Crippen molar-refractivity contribution in [1.29, 1.82) is 0 Å². The van der Waals surface area contributed by atoms with Gasteiger partial charge in [-0.2, -0.15) is 0 Å². The molecule has 10 nitrogen and oxygen atoms in total. The minimum atomic E-state index is -0.518. The van der Waals surface area contributed by atoms with Crippen LogP contribution in [0.3, 0.4) is 0 Å². The zero-order valence-corrected chi connectivity index (χ0v) is 25.3. The van der Waals surface area contributed by atoms with Crippen LogP contribution in [0.4, 0.5) is 9.59 Å². The van der Waals surface area contributed by atoms with Crippen LogP contribution in [0.15, 0.2) is 28.5 Å². The van der Waals surface area contributed by atoms with Gasteiger partial charge in [-0.3, -0.25) is 4.79 Å². The summed E-state index contributed by atoms with van der Waals surface area (Å²) in [6, 6.07) is 3.32. The number of pyridine rings is 1. The molecular formula is C29H42N4O6S. The molecule has 2 aromatic heterocycles. The summed E-state index contributed by atoms with van der Waals surface area (Å²) in [4.78, 5) is 45.7. The Hall–Kier alpha value is -3.08. The van der Waals surface area contributed by atoms with E-state index in [2.05, 4.69) is 0 Å². The first-order chi connectivity index (χ1) is 18.8. The van der Waals surface area contributed by atoms with Gasteiger partial charge in [0.2, 0.25) is 0 Å². The molecule has 0 aromatic carbocycles. The molecule has 0 saturated carbocycles. The Morgan fingerprint density at radius 1 is 0.925 bits per heavy atom. The predicted molar refractivity (Wildman–Crippen MR) is 153 cm³/mol. The van der Waals surface area contributed by atoms with E-state index in [-0.39, 0.29) is 23.8 Å². The van der Waals surface area contributed by atoms with Crippen molar-refractivity contribution in [1.82, 2.24) is 19.4 Å². The highest BCUT2D eigenvalue weighted by molar-refractivity contribution is 7.09. The summed E-state index contributed by atoms with van der Waals surface area (Å²) in [5, 5.41) is 3.05. The second-order valence-corrected chi connectivity index (χ2v) is 13.4. The molecule has 0 unspecified atom stereocenters. The summed E-state index contributed by atoms with van der Waals surface area (Å²) < 4.78 is 18.6. The van der Waals surface area contributed by atoms with Gasteiger partial charge in [-0.05, 0) is 60.5 Å². The smallest absolute Gasteiger partial charge is 0.410 e. The molecule has 4 heterocycles. The Morgan fingerprint density at radius 3 is 2.00 bits per heavy atom. The SMILES string of the molecule is CC(C)(C)OC(=O)N1CCC(Oc2ccn(Cc3csc(C4CCN(C(=O)OC(C)(C)C)CC4)n3)c(=O)c2)CC1. The Morgan fingerprint density at radius 2 is 1.48 bits per heavy atom. The van der Waals surface area contributed by atoms with Gasteiger partial charge in [0.05, 0.1) is 17.2 Å². The molecule has 40 heavy (non-hydrogen) atoms. The Balaban J connectivity index is 1.25. The third-order valence-corrected chi connectivity index (χ3v) is 7.82. The average Bonchev–Trinajstić information content (AvgIpc) is 3.33. The number of rotatable bonds is 5. The molecule has 0 spiro atoms. The van der Waals surface area contributed by atoms with Crippen LogP contribution in [-0.4, -0.2) is 75.0 Å². The topological polar surface area (TPSA) is 103 Å². The van der Waals surface area contributed by atoms with E-state index in [0.29, 0.717) is 57.2 Å². The third kappa shape index (κ3) is 8.46. The van der Waals surface area contributed by atoms with E-state index in [4.69, 9.17) is 19.2 Å². The van der Waals surface area contributed by atoms with Gasteiger partial charge in [0.15, 0.2) is 0 Å². The molecule has 2 aliphatic heterocycles. The number of nitrogens with zero attached hydrogens (tertiary/aromatic N) is 4. The van der Waals surface area contributed by atoms with Crippen molar-refractivity contribution in [3.05, 3.63) is 44.8 Å². The highest BCUT2D eigenvalue weighted by Gasteiger charge is 2.29. The van der Waals surface area contributed by atoms with Gasteiger partial charge in [-0.25, -0.2) is 14.6 Å². The molecule has 0 N–H and O–H groups in total. The van der Waals surface area contributed by atoms with Gasteiger partial charge < -0.3 is 28.6 Å². The normalized spacial score (nSPS) is 17.6. The van der Waals surface area contributed by atoms with E-state index in [1.165, 1.54) is 6.07 Å². The maximum absolute atomic E-state index is 12.8. The lowest BCUT2D eigenvalue weighted by atomic mass is 9.98. The first-order valence-corrected chi connectivity index (χ1v) is 14.9. The number of piperidine rings is 2. The second kappa shape index (κ2) is 12.2. The van der Waals surface area contributed by atoms with Gasteiger partial charge in [-0.1, -0.05) is 0 Å². The Labute approximate surface area is 240 Å². The quantitative estimate of drug-likeness (QED) is 0.481. The molecule has 2 aliphatic rings. The number of thiazole rings is 1. The van der Waals surface area contributed by atoms with Crippen molar-refractivity contribution in [2.24, 2.45) is 0 Å².